The van der Waals surface area contributed by atoms with Crippen molar-refractivity contribution in [2.75, 3.05) is 42.4 Å². The number of thiazole rings is 2. The highest BCUT2D eigenvalue weighted by molar-refractivity contribution is 15.0. The van der Waals surface area contributed by atoms with Gasteiger partial charge in [0.1, 0.15) is 0 Å². The lowest BCUT2D eigenvalue weighted by Crippen LogP contribution is -2.30. The van der Waals surface area contributed by atoms with E-state index in [2.05, 4.69) is 47.2 Å². The number of rotatable bonds is 7. The van der Waals surface area contributed by atoms with E-state index in [1.807, 2.05) is 65.7 Å². The highest BCUT2D eigenvalue weighted by Gasteiger charge is 2.10. The molecular formula is C22H36I2N4O4S2. The van der Waals surface area contributed by atoms with E-state index < -0.39 is 0 Å². The lowest BCUT2D eigenvalue weighted by molar-refractivity contribution is -0.179. The van der Waals surface area contributed by atoms with Gasteiger partial charge in [0.25, 0.3) is 0 Å². The molecule has 0 aliphatic rings. The molecule has 2 rings (SSSR count). The third kappa shape index (κ3) is 14.8. The number of carbonyl (C=O) groups is 2. The number of ketones is 2. The molecular weight excluding hydrogens is 702 g/mol. The van der Waals surface area contributed by atoms with Gasteiger partial charge in [-0.25, -0.2) is 9.97 Å². The number of halogens is 2. The highest BCUT2D eigenvalue weighted by Crippen LogP contribution is 2.18. The number of aromatic nitrogens is 2. The van der Waals surface area contributed by atoms with E-state index in [4.69, 9.17) is 9.47 Å². The van der Waals surface area contributed by atoms with Gasteiger partial charge in [-0.1, -0.05) is 0 Å². The zero-order chi connectivity index (χ0) is 27.0. The van der Waals surface area contributed by atoms with Crippen LogP contribution in [0.5, 0.6) is 0 Å². The number of hydrogen-bond acceptors (Lipinski definition) is 10. The first-order valence-electron chi connectivity index (χ1n) is 9.98. The molecule has 0 N–H and O–H groups in total. The molecule has 0 unspecified atom stereocenters. The summed E-state index contributed by atoms with van der Waals surface area (Å²) in [7, 11) is 10.8. The lowest BCUT2D eigenvalue weighted by atomic mass is 10.3. The Morgan fingerprint density at radius 2 is 1.29 bits per heavy atom. The van der Waals surface area contributed by atoms with E-state index in [1.165, 1.54) is 22.7 Å². The SMILES string of the molecule is CC(=O)c1sc(C)nc1C.COC(OC)N(C)C.Cc1nc(C)c(C(=O)/C=C/N(C)C)s1.II. The molecule has 8 nitrogen and oxygen atoms in total. The molecule has 0 saturated heterocycles. The van der Waals surface area contributed by atoms with Crippen molar-refractivity contribution in [3.05, 3.63) is 43.4 Å². The minimum Gasteiger partial charge on any atom is -0.383 e. The van der Waals surface area contributed by atoms with Crippen LogP contribution in [0.25, 0.3) is 0 Å². The first-order valence-corrected chi connectivity index (χ1v) is 17.9. The highest BCUT2D eigenvalue weighted by atomic mass is 128. The molecule has 34 heavy (non-hydrogen) atoms. The van der Waals surface area contributed by atoms with Gasteiger partial charge in [0.15, 0.2) is 11.6 Å². The summed E-state index contributed by atoms with van der Waals surface area (Å²) in [6.45, 7) is 9.11. The van der Waals surface area contributed by atoms with Gasteiger partial charge >= 0.3 is 0 Å². The summed E-state index contributed by atoms with van der Waals surface area (Å²) in [6, 6.07) is 0. The Morgan fingerprint density at radius 1 is 0.882 bits per heavy atom. The second-order valence-corrected chi connectivity index (χ2v) is 9.64. The number of aryl methyl sites for hydroxylation is 4. The number of ether oxygens (including phenoxy) is 2. The number of hydrogen-bond donors (Lipinski definition) is 0. The number of carbonyl (C=O) groups excluding carboxylic acids is 2. The average molecular weight is 738 g/mol. The van der Waals surface area contributed by atoms with E-state index in [0.29, 0.717) is 0 Å². The molecule has 0 saturated carbocycles. The predicted molar refractivity (Wildman–Crippen MR) is 160 cm³/mol. The van der Waals surface area contributed by atoms with Crippen molar-refractivity contribution in [2.45, 2.75) is 41.0 Å². The van der Waals surface area contributed by atoms with E-state index >= 15 is 0 Å². The van der Waals surface area contributed by atoms with Gasteiger partial charge in [0.05, 0.1) is 31.2 Å². The first-order chi connectivity index (χ1) is 15.8. The Bertz CT molecular complexity index is 896. The van der Waals surface area contributed by atoms with Crippen molar-refractivity contribution >= 4 is 71.5 Å². The molecule has 2 aromatic heterocycles. The fraction of sp³-hybridized carbons (Fsp3) is 0.545. The third-order valence-electron chi connectivity index (χ3n) is 3.70. The third-order valence-corrected chi connectivity index (χ3v) is 5.96. The monoisotopic (exact) mass is 738 g/mol. The molecule has 0 bridgehead atoms. The van der Waals surface area contributed by atoms with Crippen LogP contribution in [-0.4, -0.2) is 80.2 Å². The number of Topliss-reactive ketones (excluding diaryl/α,β-unsaturated/α-hetero) is 1. The smallest absolute Gasteiger partial charge is 0.217 e. The van der Waals surface area contributed by atoms with Crippen LogP contribution in [0.15, 0.2) is 12.3 Å². The van der Waals surface area contributed by atoms with Crippen LogP contribution in [0.2, 0.25) is 0 Å². The minimum atomic E-state index is -0.213. The van der Waals surface area contributed by atoms with Gasteiger partial charge in [0, 0.05) is 84.7 Å². The van der Waals surface area contributed by atoms with Crippen LogP contribution in [0.1, 0.15) is 47.7 Å². The number of allylic oxidation sites excluding steroid dienone is 1. The molecule has 2 heterocycles. The Morgan fingerprint density at radius 3 is 1.50 bits per heavy atom. The van der Waals surface area contributed by atoms with Gasteiger partial charge < -0.3 is 14.4 Å². The Labute approximate surface area is 235 Å². The van der Waals surface area contributed by atoms with E-state index in [0.717, 1.165) is 31.2 Å². The molecule has 0 aromatic carbocycles. The van der Waals surface area contributed by atoms with Crippen LogP contribution >= 0.6 is 59.9 Å². The maximum absolute atomic E-state index is 11.6. The van der Waals surface area contributed by atoms with E-state index in [1.54, 1.807) is 33.4 Å². The summed E-state index contributed by atoms with van der Waals surface area (Å²) < 4.78 is 9.73. The summed E-state index contributed by atoms with van der Waals surface area (Å²) in [6.07, 6.45) is 3.10. The molecule has 12 heteroatoms. The van der Waals surface area contributed by atoms with Gasteiger partial charge in [-0.3, -0.25) is 14.5 Å². The average Bonchev–Trinajstić information content (AvgIpc) is 3.29. The molecule has 0 amide bonds. The van der Waals surface area contributed by atoms with Crippen LogP contribution in [0.4, 0.5) is 0 Å². The van der Waals surface area contributed by atoms with Crippen molar-refractivity contribution in [3.8, 4) is 0 Å². The summed E-state index contributed by atoms with van der Waals surface area (Å²) in [5, 5.41) is 1.90. The minimum absolute atomic E-state index is 0.0294. The van der Waals surface area contributed by atoms with Gasteiger partial charge in [0.2, 0.25) is 6.41 Å². The molecule has 0 spiro atoms. The van der Waals surface area contributed by atoms with Crippen LogP contribution in [0.3, 0.4) is 0 Å². The first kappa shape index (κ1) is 35.6. The summed E-state index contributed by atoms with van der Waals surface area (Å²) in [5.74, 6) is 0.143. The molecule has 2 aromatic rings. The summed E-state index contributed by atoms with van der Waals surface area (Å²) >= 11 is 7.15. The zero-order valence-electron chi connectivity index (χ0n) is 21.7. The molecule has 0 aliphatic heterocycles. The lowest BCUT2D eigenvalue weighted by Gasteiger charge is -2.19. The molecule has 0 atom stereocenters. The van der Waals surface area contributed by atoms with Crippen molar-refractivity contribution < 1.29 is 19.1 Å². The van der Waals surface area contributed by atoms with Crippen molar-refractivity contribution in [3.63, 3.8) is 0 Å². The van der Waals surface area contributed by atoms with E-state index in [-0.39, 0.29) is 18.0 Å². The maximum atomic E-state index is 11.6. The fourth-order valence-corrected chi connectivity index (χ4v) is 4.08. The quantitative estimate of drug-likeness (QED) is 0.151. The molecule has 0 fully saturated rings. The maximum Gasteiger partial charge on any atom is 0.217 e. The number of methoxy groups -OCH3 is 2. The van der Waals surface area contributed by atoms with Gasteiger partial charge in [-0.2, -0.15) is 0 Å². The van der Waals surface area contributed by atoms with Gasteiger partial charge in [-0.15, -0.1) is 22.7 Å². The van der Waals surface area contributed by atoms with Gasteiger partial charge in [-0.05, 0) is 41.8 Å². The van der Waals surface area contributed by atoms with Crippen molar-refractivity contribution in [2.24, 2.45) is 0 Å². The Balaban J connectivity index is 0. The summed E-state index contributed by atoms with van der Waals surface area (Å²) in [4.78, 5) is 36.0. The molecule has 0 radical (unpaired) electrons. The zero-order valence-corrected chi connectivity index (χ0v) is 27.7. The topological polar surface area (TPSA) is 84.9 Å². The van der Waals surface area contributed by atoms with Crippen LogP contribution in [0, 0.1) is 27.7 Å². The molecule has 194 valence electrons. The Kier molecular flexibility index (Phi) is 20.6. The van der Waals surface area contributed by atoms with Crippen LogP contribution in [-0.2, 0) is 9.47 Å². The molecule has 0 aliphatic carbocycles. The Hall–Kier alpha value is -0.520. The normalized spacial score (nSPS) is 10.2. The largest absolute Gasteiger partial charge is 0.383 e. The van der Waals surface area contributed by atoms with Crippen molar-refractivity contribution in [1.29, 1.82) is 0 Å². The summed E-state index contributed by atoms with van der Waals surface area (Å²) in [5.41, 5.74) is 1.68. The second kappa shape index (κ2) is 19.6. The number of nitrogens with zero attached hydrogens (tertiary/aromatic N) is 4. The predicted octanol–water partition coefficient (Wildman–Crippen LogP) is 5.88. The van der Waals surface area contributed by atoms with Crippen LogP contribution < -0.4 is 0 Å². The van der Waals surface area contributed by atoms with E-state index in [9.17, 15) is 9.59 Å². The fourth-order valence-electron chi connectivity index (χ4n) is 2.43. The van der Waals surface area contributed by atoms with Crippen molar-refractivity contribution in [1.82, 2.24) is 19.8 Å². The second-order valence-electron chi connectivity index (χ2n) is 7.24. The standard InChI is InChI=1S/C10H14N2OS.C7H9NOS.C5H13NO2.I2/c1-7-10(14-8(2)11-7)9(13)5-6-12(3)4;1-4-7(5(2)9)10-6(3)8-4;1-6(2)5(7-3)8-4;1-2/h5-6H,1-4H3;1-3H3;5H,1-4H3;/b6-5+;;;.